The first-order valence-corrected chi connectivity index (χ1v) is 5.18. The summed E-state index contributed by atoms with van der Waals surface area (Å²) in [7, 11) is 0. The molecule has 16 heavy (non-hydrogen) atoms. The molecule has 0 unspecified atom stereocenters. The smallest absolute Gasteiger partial charge is 0.136 e. The molecule has 0 saturated heterocycles. The third-order valence-corrected chi connectivity index (χ3v) is 2.71. The summed E-state index contributed by atoms with van der Waals surface area (Å²) in [5.41, 5.74) is 4.52. The van der Waals surface area contributed by atoms with Gasteiger partial charge in [-0.1, -0.05) is 6.07 Å². The first kappa shape index (κ1) is 9.09. The predicted molar refractivity (Wildman–Crippen MR) is 63.2 cm³/mol. The Morgan fingerprint density at radius 3 is 3.00 bits per heavy atom. The monoisotopic (exact) mass is 209 g/mol. The van der Waals surface area contributed by atoms with Gasteiger partial charge in [0.2, 0.25) is 0 Å². The normalized spacial score (nSPS) is 10.8. The first-order chi connectivity index (χ1) is 7.84. The minimum absolute atomic E-state index is 0.977. The van der Waals surface area contributed by atoms with E-state index in [2.05, 4.69) is 35.2 Å². The lowest BCUT2D eigenvalue weighted by molar-refractivity contribution is 1.17. The van der Waals surface area contributed by atoms with Gasteiger partial charge in [-0.2, -0.15) is 0 Å². The van der Waals surface area contributed by atoms with E-state index >= 15 is 0 Å². The lowest BCUT2D eigenvalue weighted by atomic mass is 10.1. The molecule has 3 heterocycles. The predicted octanol–water partition coefficient (Wildman–Crippen LogP) is 2.70. The molecule has 3 rings (SSSR count). The molecule has 3 heteroatoms. The van der Waals surface area contributed by atoms with Gasteiger partial charge in [0.1, 0.15) is 5.65 Å². The molecule has 0 N–H and O–H groups in total. The number of fused-ring (bicyclic) bond motifs is 1. The molecular formula is C13H11N3. The van der Waals surface area contributed by atoms with Gasteiger partial charge in [-0.3, -0.25) is 4.98 Å². The largest absolute Gasteiger partial charge is 0.306 e. The van der Waals surface area contributed by atoms with E-state index in [-0.39, 0.29) is 0 Å². The fourth-order valence-electron chi connectivity index (χ4n) is 1.88. The van der Waals surface area contributed by atoms with Gasteiger partial charge in [0.25, 0.3) is 0 Å². The molecule has 0 aromatic carbocycles. The number of imidazole rings is 1. The molecule has 0 fully saturated rings. The van der Waals surface area contributed by atoms with Crippen molar-refractivity contribution in [3.8, 4) is 11.1 Å². The third-order valence-electron chi connectivity index (χ3n) is 2.71. The number of pyridine rings is 2. The molecule has 3 aromatic rings. The van der Waals surface area contributed by atoms with Crippen LogP contribution >= 0.6 is 0 Å². The third kappa shape index (κ3) is 1.37. The van der Waals surface area contributed by atoms with Gasteiger partial charge in [0.05, 0.1) is 0 Å². The minimum atomic E-state index is 0.977. The summed E-state index contributed by atoms with van der Waals surface area (Å²) >= 11 is 0. The Kier molecular flexibility index (Phi) is 1.96. The zero-order valence-corrected chi connectivity index (χ0v) is 8.96. The number of nitrogens with zero attached hydrogens (tertiary/aromatic N) is 3. The van der Waals surface area contributed by atoms with Gasteiger partial charge in [-0.05, 0) is 24.6 Å². The van der Waals surface area contributed by atoms with Gasteiger partial charge in [0.15, 0.2) is 0 Å². The van der Waals surface area contributed by atoms with E-state index in [0.717, 1.165) is 11.2 Å². The van der Waals surface area contributed by atoms with E-state index in [1.807, 2.05) is 29.1 Å². The second-order valence-corrected chi connectivity index (χ2v) is 3.80. The lowest BCUT2D eigenvalue weighted by Gasteiger charge is -2.06. The van der Waals surface area contributed by atoms with Crippen LogP contribution in [0.3, 0.4) is 0 Å². The summed E-state index contributed by atoms with van der Waals surface area (Å²) in [5, 5.41) is 0. The summed E-state index contributed by atoms with van der Waals surface area (Å²) in [6, 6.07) is 6.10. The molecule has 0 aliphatic rings. The molecule has 3 nitrogen and oxygen atoms in total. The van der Waals surface area contributed by atoms with Crippen molar-refractivity contribution < 1.29 is 0 Å². The highest BCUT2D eigenvalue weighted by atomic mass is 15.0. The first-order valence-electron chi connectivity index (χ1n) is 5.18. The Morgan fingerprint density at radius 1 is 1.25 bits per heavy atom. The second-order valence-electron chi connectivity index (χ2n) is 3.80. The minimum Gasteiger partial charge on any atom is -0.306 e. The van der Waals surface area contributed by atoms with E-state index in [4.69, 9.17) is 0 Å². The molecule has 3 aromatic heterocycles. The fourth-order valence-corrected chi connectivity index (χ4v) is 1.88. The van der Waals surface area contributed by atoms with Crippen LogP contribution in [0.15, 0.2) is 49.2 Å². The number of hydrogen-bond donors (Lipinski definition) is 0. The summed E-state index contributed by atoms with van der Waals surface area (Å²) in [6.07, 6.45) is 9.52. The van der Waals surface area contributed by atoms with Crippen LogP contribution in [-0.4, -0.2) is 14.4 Å². The summed E-state index contributed by atoms with van der Waals surface area (Å²) in [5.74, 6) is 0. The van der Waals surface area contributed by atoms with Crippen LogP contribution in [0.25, 0.3) is 16.8 Å². The van der Waals surface area contributed by atoms with E-state index in [9.17, 15) is 0 Å². The van der Waals surface area contributed by atoms with Crippen molar-refractivity contribution in [1.29, 1.82) is 0 Å². The molecule has 78 valence electrons. The van der Waals surface area contributed by atoms with Gasteiger partial charge < -0.3 is 4.40 Å². The van der Waals surface area contributed by atoms with E-state index < -0.39 is 0 Å². The van der Waals surface area contributed by atoms with Crippen LogP contribution in [-0.2, 0) is 0 Å². The quantitative estimate of drug-likeness (QED) is 0.616. The highest BCUT2D eigenvalue weighted by Gasteiger charge is 2.04. The molecule has 0 spiro atoms. The molecule has 0 aliphatic heterocycles. The maximum atomic E-state index is 4.26. The zero-order chi connectivity index (χ0) is 11.0. The van der Waals surface area contributed by atoms with Gasteiger partial charge in [-0.25, -0.2) is 4.98 Å². The highest BCUT2D eigenvalue weighted by molar-refractivity contribution is 5.67. The van der Waals surface area contributed by atoms with Crippen molar-refractivity contribution in [1.82, 2.24) is 14.4 Å². The molecular weight excluding hydrogens is 198 g/mol. The van der Waals surface area contributed by atoms with Crippen molar-refractivity contribution in [3.05, 3.63) is 54.7 Å². The number of rotatable bonds is 1. The highest BCUT2D eigenvalue weighted by Crippen LogP contribution is 2.23. The number of hydrogen-bond acceptors (Lipinski definition) is 2. The average Bonchev–Trinajstić information content (AvgIpc) is 2.76. The number of aromatic nitrogens is 3. The second kappa shape index (κ2) is 3.45. The van der Waals surface area contributed by atoms with Crippen LogP contribution < -0.4 is 0 Å². The SMILES string of the molecule is Cc1cc2nccn2cc1-c1cccnc1. The van der Waals surface area contributed by atoms with Crippen molar-refractivity contribution in [2.24, 2.45) is 0 Å². The van der Waals surface area contributed by atoms with Crippen LogP contribution in [0.2, 0.25) is 0 Å². The molecule has 0 atom stereocenters. The summed E-state index contributed by atoms with van der Waals surface area (Å²) in [4.78, 5) is 8.41. The van der Waals surface area contributed by atoms with Crippen LogP contribution in [0.4, 0.5) is 0 Å². The molecule has 0 saturated carbocycles. The maximum absolute atomic E-state index is 4.26. The van der Waals surface area contributed by atoms with Gasteiger partial charge in [-0.15, -0.1) is 0 Å². The van der Waals surface area contributed by atoms with Crippen LogP contribution in [0.1, 0.15) is 5.56 Å². The Hall–Kier alpha value is -2.16. The van der Waals surface area contributed by atoms with E-state index in [1.165, 1.54) is 11.1 Å². The summed E-state index contributed by atoms with van der Waals surface area (Å²) in [6.45, 7) is 2.09. The van der Waals surface area contributed by atoms with Gasteiger partial charge >= 0.3 is 0 Å². The van der Waals surface area contributed by atoms with Crippen molar-refractivity contribution in [2.45, 2.75) is 6.92 Å². The Bertz CT molecular complexity index is 626. The van der Waals surface area contributed by atoms with Crippen molar-refractivity contribution in [3.63, 3.8) is 0 Å². The standard InChI is InChI=1S/C13H11N3/c1-10-7-13-15-5-6-16(13)9-12(10)11-3-2-4-14-8-11/h2-9H,1H3. The Balaban J connectivity index is 2.27. The maximum Gasteiger partial charge on any atom is 0.136 e. The fraction of sp³-hybridized carbons (Fsp3) is 0.0769. The lowest BCUT2D eigenvalue weighted by Crippen LogP contribution is -1.90. The molecule has 0 amide bonds. The molecule has 0 radical (unpaired) electrons. The van der Waals surface area contributed by atoms with Crippen LogP contribution in [0, 0.1) is 6.92 Å². The van der Waals surface area contributed by atoms with E-state index in [0.29, 0.717) is 0 Å². The van der Waals surface area contributed by atoms with E-state index in [1.54, 1.807) is 6.20 Å². The number of aryl methyl sites for hydroxylation is 1. The molecule has 0 aliphatic carbocycles. The summed E-state index contributed by atoms with van der Waals surface area (Å²) < 4.78 is 2.02. The zero-order valence-electron chi connectivity index (χ0n) is 8.96. The van der Waals surface area contributed by atoms with Crippen LogP contribution in [0.5, 0.6) is 0 Å². The van der Waals surface area contributed by atoms with Crippen molar-refractivity contribution >= 4 is 5.65 Å². The Morgan fingerprint density at radius 2 is 2.19 bits per heavy atom. The Labute approximate surface area is 93.4 Å². The van der Waals surface area contributed by atoms with Gasteiger partial charge in [0, 0.05) is 42.1 Å². The topological polar surface area (TPSA) is 30.2 Å². The average molecular weight is 209 g/mol. The van der Waals surface area contributed by atoms with Crippen molar-refractivity contribution in [2.75, 3.05) is 0 Å². The molecule has 0 bridgehead atoms.